The number of halogens is 2. The first-order chi connectivity index (χ1) is 25.2. The molecule has 2 amide bonds. The predicted molar refractivity (Wildman–Crippen MR) is 196 cm³/mol. The molecule has 3 aliphatic rings. The normalized spacial score (nSPS) is 18.9. The van der Waals surface area contributed by atoms with Crippen LogP contribution in [0.2, 0.25) is 5.02 Å². The van der Waals surface area contributed by atoms with E-state index >= 15 is 0 Å². The van der Waals surface area contributed by atoms with Crippen LogP contribution in [0.3, 0.4) is 0 Å². The molecule has 0 spiro atoms. The quantitative estimate of drug-likeness (QED) is 0.157. The van der Waals surface area contributed by atoms with Crippen LogP contribution in [0.5, 0.6) is 5.75 Å². The number of esters is 2. The van der Waals surface area contributed by atoms with Gasteiger partial charge in [-0.1, -0.05) is 47.5 Å². The minimum absolute atomic E-state index is 0.0615. The van der Waals surface area contributed by atoms with Crippen LogP contribution in [-0.2, 0) is 20.7 Å². The summed E-state index contributed by atoms with van der Waals surface area (Å²) in [6.07, 6.45) is 2.42. The van der Waals surface area contributed by atoms with Crippen molar-refractivity contribution in [2.24, 2.45) is 4.99 Å². The molecular formula is C38H36ClFN6O5S. The van der Waals surface area contributed by atoms with Crippen LogP contribution >= 0.6 is 22.9 Å². The Balaban J connectivity index is 1.04. The molecule has 0 saturated carbocycles. The molecule has 2 atom stereocenters. The molecule has 0 bridgehead atoms. The highest BCUT2D eigenvalue weighted by Crippen LogP contribution is 2.37. The number of piperazine rings is 1. The maximum Gasteiger partial charge on any atom is 0.338 e. The number of hydrogen-bond acceptors (Lipinski definition) is 10. The lowest BCUT2D eigenvalue weighted by molar-refractivity contribution is -0.136. The van der Waals surface area contributed by atoms with Crippen molar-refractivity contribution in [1.29, 1.82) is 0 Å². The van der Waals surface area contributed by atoms with Crippen molar-refractivity contribution in [3.05, 3.63) is 122 Å². The molecule has 0 aliphatic carbocycles. The third kappa shape index (κ3) is 7.57. The largest absolute Gasteiger partial charge is 0.466 e. The number of urea groups is 1. The van der Waals surface area contributed by atoms with E-state index < -0.39 is 17.8 Å². The second-order valence-electron chi connectivity index (χ2n) is 12.8. The van der Waals surface area contributed by atoms with E-state index in [0.29, 0.717) is 67.0 Å². The molecular weight excluding hydrogens is 707 g/mol. The van der Waals surface area contributed by atoms with E-state index in [9.17, 15) is 18.8 Å². The van der Waals surface area contributed by atoms with Gasteiger partial charge in [-0.2, -0.15) is 0 Å². The van der Waals surface area contributed by atoms with Crippen molar-refractivity contribution in [1.82, 2.24) is 20.1 Å². The molecule has 1 aromatic heterocycles. The summed E-state index contributed by atoms with van der Waals surface area (Å²) in [4.78, 5) is 54.4. The Morgan fingerprint density at radius 1 is 1.06 bits per heavy atom. The first-order valence-electron chi connectivity index (χ1n) is 16.8. The van der Waals surface area contributed by atoms with Gasteiger partial charge in [0.2, 0.25) is 0 Å². The Kier molecular flexibility index (Phi) is 10.3. The zero-order valence-corrected chi connectivity index (χ0v) is 30.1. The average Bonchev–Trinajstić information content (AvgIpc) is 3.80. The molecule has 268 valence electrons. The van der Waals surface area contributed by atoms with Crippen LogP contribution in [0.4, 0.5) is 14.9 Å². The number of ether oxygens (including phenoxy) is 2. The summed E-state index contributed by atoms with van der Waals surface area (Å²) in [5.41, 5.74) is 4.15. The van der Waals surface area contributed by atoms with Gasteiger partial charge in [-0.05, 0) is 55.3 Å². The molecule has 2 fully saturated rings. The van der Waals surface area contributed by atoms with Gasteiger partial charge in [-0.25, -0.2) is 19.0 Å². The highest BCUT2D eigenvalue weighted by atomic mass is 35.5. The van der Waals surface area contributed by atoms with Crippen molar-refractivity contribution in [3.8, 4) is 5.75 Å². The lowest BCUT2D eigenvalue weighted by atomic mass is 9.95. The lowest BCUT2D eigenvalue weighted by Crippen LogP contribution is -2.53. The zero-order valence-electron chi connectivity index (χ0n) is 28.6. The van der Waals surface area contributed by atoms with Gasteiger partial charge in [0.1, 0.15) is 17.6 Å². The number of methoxy groups -OCH3 is 1. The van der Waals surface area contributed by atoms with E-state index in [1.165, 1.54) is 36.6 Å². The monoisotopic (exact) mass is 742 g/mol. The Labute approximate surface area is 309 Å². The molecule has 3 aromatic carbocycles. The second kappa shape index (κ2) is 15.2. The number of rotatable bonds is 10. The van der Waals surface area contributed by atoms with Gasteiger partial charge in [0.15, 0.2) is 10.8 Å². The van der Waals surface area contributed by atoms with Gasteiger partial charge in [0.05, 0.1) is 18.7 Å². The molecule has 4 aromatic rings. The first-order valence-corrected chi connectivity index (χ1v) is 18.1. The fraction of sp³-hybridized carbons (Fsp3) is 0.289. The van der Waals surface area contributed by atoms with Crippen LogP contribution in [0.1, 0.15) is 34.2 Å². The van der Waals surface area contributed by atoms with Crippen molar-refractivity contribution >= 4 is 52.4 Å². The van der Waals surface area contributed by atoms with Crippen molar-refractivity contribution in [2.75, 3.05) is 44.7 Å². The summed E-state index contributed by atoms with van der Waals surface area (Å²) in [6, 6.07) is 18.1. The molecule has 2 saturated heterocycles. The van der Waals surface area contributed by atoms with Crippen molar-refractivity contribution in [3.63, 3.8) is 0 Å². The SMILES string of the molecule is COC(=O)C1=C(CN2CCN3C(=O)N(c4ccc(CCC(=O)Oc5ccc(C)cc5)cc4)C[C@@H]3C2)NC(c2nccs2)=N[C@H]1c1ccc(F)cc1Cl. The van der Waals surface area contributed by atoms with Gasteiger partial charge < -0.3 is 19.7 Å². The van der Waals surface area contributed by atoms with Gasteiger partial charge in [0.25, 0.3) is 0 Å². The fourth-order valence-corrected chi connectivity index (χ4v) is 7.56. The number of hydrogen-bond donors (Lipinski definition) is 1. The summed E-state index contributed by atoms with van der Waals surface area (Å²) in [6.45, 7) is 4.44. The smallest absolute Gasteiger partial charge is 0.338 e. The van der Waals surface area contributed by atoms with E-state index in [1.54, 1.807) is 23.2 Å². The summed E-state index contributed by atoms with van der Waals surface area (Å²) in [5.74, 6) is -0.389. The van der Waals surface area contributed by atoms with Gasteiger partial charge >= 0.3 is 18.0 Å². The number of amidine groups is 1. The van der Waals surface area contributed by atoms with E-state index in [1.807, 2.05) is 53.6 Å². The number of thiazole rings is 1. The number of nitrogens with one attached hydrogen (secondary N) is 1. The number of carbonyl (C=O) groups is 3. The highest BCUT2D eigenvalue weighted by Gasteiger charge is 2.42. The minimum atomic E-state index is -0.859. The Hall–Kier alpha value is -5.11. The topological polar surface area (TPSA) is 117 Å². The number of benzene rings is 3. The molecule has 0 unspecified atom stereocenters. The van der Waals surface area contributed by atoms with Gasteiger partial charge in [-0.3, -0.25) is 19.6 Å². The van der Waals surface area contributed by atoms with Crippen LogP contribution < -0.4 is 15.0 Å². The number of carbonyl (C=O) groups excluding carboxylic acids is 3. The zero-order chi connectivity index (χ0) is 36.4. The number of nitrogens with zero attached hydrogens (tertiary/aromatic N) is 5. The highest BCUT2D eigenvalue weighted by molar-refractivity contribution is 7.11. The lowest BCUT2D eigenvalue weighted by Gasteiger charge is -2.38. The maximum absolute atomic E-state index is 14.0. The third-order valence-corrected chi connectivity index (χ3v) is 10.5. The third-order valence-electron chi connectivity index (χ3n) is 9.36. The molecule has 1 N–H and O–H groups in total. The Morgan fingerprint density at radius 3 is 2.56 bits per heavy atom. The number of amides is 2. The van der Waals surface area contributed by atoms with Crippen molar-refractivity contribution in [2.45, 2.75) is 31.8 Å². The first kappa shape index (κ1) is 35.3. The number of fused-ring (bicyclic) bond motifs is 1. The van der Waals surface area contributed by atoms with Crippen LogP contribution in [0.15, 0.2) is 94.6 Å². The Morgan fingerprint density at radius 2 is 1.85 bits per heavy atom. The number of anilines is 1. The summed E-state index contributed by atoms with van der Waals surface area (Å²) >= 11 is 7.90. The average molecular weight is 743 g/mol. The summed E-state index contributed by atoms with van der Waals surface area (Å²) < 4.78 is 24.7. The predicted octanol–water partition coefficient (Wildman–Crippen LogP) is 5.93. The van der Waals surface area contributed by atoms with Crippen LogP contribution in [0, 0.1) is 12.7 Å². The maximum atomic E-state index is 14.0. The molecule has 14 heteroatoms. The number of aliphatic imine (C=N–C) groups is 1. The van der Waals surface area contributed by atoms with Gasteiger partial charge in [0, 0.05) is 72.7 Å². The Bertz CT molecular complexity index is 2040. The van der Waals surface area contributed by atoms with E-state index in [-0.39, 0.29) is 35.1 Å². The number of aryl methyl sites for hydroxylation is 2. The van der Waals surface area contributed by atoms with E-state index in [4.69, 9.17) is 26.1 Å². The molecule has 52 heavy (non-hydrogen) atoms. The number of aromatic nitrogens is 1. The molecule has 3 aliphatic heterocycles. The molecule has 0 radical (unpaired) electrons. The minimum Gasteiger partial charge on any atom is -0.466 e. The van der Waals surface area contributed by atoms with Gasteiger partial charge in [-0.15, -0.1) is 11.3 Å². The fourth-order valence-electron chi connectivity index (χ4n) is 6.70. The summed E-state index contributed by atoms with van der Waals surface area (Å²) in [5, 5.41) is 5.93. The van der Waals surface area contributed by atoms with Crippen LogP contribution in [-0.4, -0.2) is 84.5 Å². The molecule has 11 nitrogen and oxygen atoms in total. The van der Waals surface area contributed by atoms with Crippen molar-refractivity contribution < 1.29 is 28.2 Å². The standard InChI is InChI=1S/C38H36ClFN6O5S/c1-23-3-11-28(12-4-23)51-32(47)14-7-24-5-9-26(10-6-24)46-21-27-20-44(16-17-45(27)38(46)49)22-31-33(37(48)50-2)34(29-13-8-25(40)19-30(29)39)43-35(42-31)36-41-15-18-52-36/h3-6,8-13,15,18-19,27,34H,7,14,16-17,20-22H2,1-2H3,(H,42,43)/t27-,34-/m0/s1. The van der Waals surface area contributed by atoms with E-state index in [0.717, 1.165) is 16.8 Å². The molecule has 7 rings (SSSR count). The molecule has 4 heterocycles. The second-order valence-corrected chi connectivity index (χ2v) is 14.1. The van der Waals surface area contributed by atoms with Crippen LogP contribution in [0.25, 0.3) is 0 Å². The summed E-state index contributed by atoms with van der Waals surface area (Å²) in [7, 11) is 1.31. The van der Waals surface area contributed by atoms with E-state index in [2.05, 4.69) is 15.2 Å².